The van der Waals surface area contributed by atoms with Gasteiger partial charge in [-0.05, 0) is 5.56 Å². The second-order valence-corrected chi connectivity index (χ2v) is 4.04. The van der Waals surface area contributed by atoms with Crippen molar-refractivity contribution in [3.05, 3.63) is 70.1 Å². The largest absolute Gasteiger partial charge is 0.394 e. The van der Waals surface area contributed by atoms with Crippen LogP contribution in [0.2, 0.25) is 0 Å². The molecule has 1 amide bonds. The van der Waals surface area contributed by atoms with Gasteiger partial charge in [-0.1, -0.05) is 30.3 Å². The third kappa shape index (κ3) is 3.08. The Hall–Kier alpha value is -2.40. The summed E-state index contributed by atoms with van der Waals surface area (Å²) >= 11 is 0. The van der Waals surface area contributed by atoms with Crippen LogP contribution in [-0.4, -0.2) is 22.6 Å². The van der Waals surface area contributed by atoms with Gasteiger partial charge in [-0.2, -0.15) is 0 Å². The molecule has 1 atom stereocenters. The number of aliphatic hydroxyl groups is 1. The minimum absolute atomic E-state index is 0.0249. The second kappa shape index (κ2) is 5.97. The monoisotopic (exact) mass is 258 g/mol. The van der Waals surface area contributed by atoms with Gasteiger partial charge in [-0.15, -0.1) is 0 Å². The Morgan fingerprint density at radius 1 is 1.26 bits per heavy atom. The molecule has 3 N–H and O–H groups in total. The number of nitrogens with one attached hydrogen (secondary N) is 2. The fraction of sp³-hybridized carbons (Fsp3) is 0.143. The maximum absolute atomic E-state index is 12.0. The predicted octanol–water partition coefficient (Wildman–Crippen LogP) is 0.838. The Morgan fingerprint density at radius 2 is 2.00 bits per heavy atom. The Morgan fingerprint density at radius 3 is 2.63 bits per heavy atom. The highest BCUT2D eigenvalue weighted by Crippen LogP contribution is 2.11. The van der Waals surface area contributed by atoms with Crippen LogP contribution in [0.1, 0.15) is 22.0 Å². The van der Waals surface area contributed by atoms with Gasteiger partial charge in [0.2, 0.25) is 0 Å². The fourth-order valence-corrected chi connectivity index (χ4v) is 1.75. The Kier molecular flexibility index (Phi) is 4.10. The third-order valence-electron chi connectivity index (χ3n) is 2.76. The number of aliphatic hydroxyl groups excluding tert-OH is 1. The van der Waals surface area contributed by atoms with Crippen LogP contribution in [0.4, 0.5) is 0 Å². The van der Waals surface area contributed by atoms with Crippen LogP contribution in [-0.2, 0) is 0 Å². The molecule has 0 unspecified atom stereocenters. The molecule has 19 heavy (non-hydrogen) atoms. The maximum Gasteiger partial charge on any atom is 0.257 e. The summed E-state index contributed by atoms with van der Waals surface area (Å²) in [5.41, 5.74) is 0.448. The lowest BCUT2D eigenvalue weighted by molar-refractivity contribution is 0.0914. The number of H-pyrrole nitrogens is 1. The summed E-state index contributed by atoms with van der Waals surface area (Å²) in [6.07, 6.45) is 2.80. The van der Waals surface area contributed by atoms with E-state index in [9.17, 15) is 14.7 Å². The first-order valence-corrected chi connectivity index (χ1v) is 5.86. The zero-order valence-corrected chi connectivity index (χ0v) is 10.2. The number of aromatic nitrogens is 1. The lowest BCUT2D eigenvalue weighted by Crippen LogP contribution is -2.33. The SMILES string of the molecule is O=C(N[C@@H](CO)c1ccccc1)c1c[nH]ccc1=O. The number of pyridine rings is 1. The predicted molar refractivity (Wildman–Crippen MR) is 70.8 cm³/mol. The van der Waals surface area contributed by atoms with Crippen LogP contribution in [0.5, 0.6) is 0 Å². The van der Waals surface area contributed by atoms with Gasteiger partial charge in [0, 0.05) is 18.5 Å². The molecular formula is C14H14N2O3. The van der Waals surface area contributed by atoms with Gasteiger partial charge < -0.3 is 15.4 Å². The average Bonchev–Trinajstić information content (AvgIpc) is 2.46. The Balaban J connectivity index is 2.18. The molecule has 0 radical (unpaired) electrons. The van der Waals surface area contributed by atoms with Crippen molar-refractivity contribution in [2.24, 2.45) is 0 Å². The summed E-state index contributed by atoms with van der Waals surface area (Å²) in [7, 11) is 0. The van der Waals surface area contributed by atoms with Crippen molar-refractivity contribution in [2.75, 3.05) is 6.61 Å². The van der Waals surface area contributed by atoms with Crippen molar-refractivity contribution in [2.45, 2.75) is 6.04 Å². The van der Waals surface area contributed by atoms with Crippen molar-refractivity contribution in [1.82, 2.24) is 10.3 Å². The van der Waals surface area contributed by atoms with E-state index in [1.165, 1.54) is 18.5 Å². The first-order chi connectivity index (χ1) is 9.22. The molecule has 0 bridgehead atoms. The first-order valence-electron chi connectivity index (χ1n) is 5.86. The number of carbonyl (C=O) groups excluding carboxylic acids is 1. The topological polar surface area (TPSA) is 82.2 Å². The highest BCUT2D eigenvalue weighted by atomic mass is 16.3. The third-order valence-corrected chi connectivity index (χ3v) is 2.76. The number of hydrogen-bond donors (Lipinski definition) is 3. The number of rotatable bonds is 4. The molecule has 0 saturated heterocycles. The van der Waals surface area contributed by atoms with E-state index in [-0.39, 0.29) is 17.6 Å². The van der Waals surface area contributed by atoms with E-state index in [0.717, 1.165) is 5.56 Å². The summed E-state index contributed by atoms with van der Waals surface area (Å²) < 4.78 is 0. The quantitative estimate of drug-likeness (QED) is 0.760. The first kappa shape index (κ1) is 13.0. The molecule has 1 aromatic heterocycles. The molecular weight excluding hydrogens is 244 g/mol. The molecule has 0 fully saturated rings. The number of aromatic amines is 1. The van der Waals surface area contributed by atoms with Crippen LogP contribution in [0.25, 0.3) is 0 Å². The van der Waals surface area contributed by atoms with Gasteiger partial charge in [0.1, 0.15) is 5.56 Å². The molecule has 0 spiro atoms. The molecule has 2 aromatic rings. The zero-order valence-electron chi connectivity index (χ0n) is 10.2. The van der Waals surface area contributed by atoms with Crippen LogP contribution in [0.3, 0.4) is 0 Å². The van der Waals surface area contributed by atoms with E-state index in [4.69, 9.17) is 0 Å². The van der Waals surface area contributed by atoms with E-state index >= 15 is 0 Å². The average molecular weight is 258 g/mol. The van der Waals surface area contributed by atoms with Gasteiger partial charge in [-0.25, -0.2) is 0 Å². The standard InChI is InChI=1S/C14H14N2O3/c17-9-12(10-4-2-1-3-5-10)16-14(19)11-8-15-7-6-13(11)18/h1-8,12,17H,9H2,(H,15,18)(H,16,19)/t12-/m0/s1. The summed E-state index contributed by atoms with van der Waals surface area (Å²) in [6.45, 7) is -0.236. The van der Waals surface area contributed by atoms with E-state index in [1.54, 1.807) is 12.1 Å². The van der Waals surface area contributed by atoms with Gasteiger partial charge in [0.15, 0.2) is 5.43 Å². The maximum atomic E-state index is 12.0. The van der Waals surface area contributed by atoms with Crippen LogP contribution < -0.4 is 10.7 Å². The molecule has 98 valence electrons. The highest BCUT2D eigenvalue weighted by Gasteiger charge is 2.16. The lowest BCUT2D eigenvalue weighted by Gasteiger charge is -2.16. The summed E-state index contributed by atoms with van der Waals surface area (Å²) in [5, 5.41) is 12.0. The molecule has 0 aliphatic heterocycles. The summed E-state index contributed by atoms with van der Waals surface area (Å²) in [6, 6.07) is 9.84. The minimum atomic E-state index is -0.534. The van der Waals surface area contributed by atoms with Crippen molar-refractivity contribution >= 4 is 5.91 Å². The summed E-state index contributed by atoms with van der Waals surface area (Å²) in [4.78, 5) is 26.2. The van der Waals surface area contributed by atoms with Crippen molar-refractivity contribution < 1.29 is 9.90 Å². The molecule has 0 aliphatic carbocycles. The highest BCUT2D eigenvalue weighted by molar-refractivity contribution is 5.94. The van der Waals surface area contributed by atoms with Gasteiger partial charge in [-0.3, -0.25) is 9.59 Å². The number of amides is 1. The van der Waals surface area contributed by atoms with Gasteiger partial charge in [0.25, 0.3) is 5.91 Å². The van der Waals surface area contributed by atoms with Gasteiger partial charge >= 0.3 is 0 Å². The number of carbonyl (C=O) groups is 1. The lowest BCUT2D eigenvalue weighted by atomic mass is 10.1. The van der Waals surface area contributed by atoms with Crippen LogP contribution in [0.15, 0.2) is 53.6 Å². The van der Waals surface area contributed by atoms with Crippen molar-refractivity contribution in [1.29, 1.82) is 0 Å². The van der Waals surface area contributed by atoms with Crippen LogP contribution in [0, 0.1) is 0 Å². The van der Waals surface area contributed by atoms with Crippen molar-refractivity contribution in [3.63, 3.8) is 0 Å². The Labute approximate surface area is 109 Å². The van der Waals surface area contributed by atoms with Gasteiger partial charge in [0.05, 0.1) is 12.6 Å². The smallest absolute Gasteiger partial charge is 0.257 e. The normalized spacial score (nSPS) is 11.8. The second-order valence-electron chi connectivity index (χ2n) is 4.04. The zero-order chi connectivity index (χ0) is 13.7. The molecule has 5 nitrogen and oxygen atoms in total. The minimum Gasteiger partial charge on any atom is -0.394 e. The van der Waals surface area contributed by atoms with E-state index in [0.29, 0.717) is 0 Å². The van der Waals surface area contributed by atoms with Crippen LogP contribution >= 0.6 is 0 Å². The fourth-order valence-electron chi connectivity index (χ4n) is 1.75. The molecule has 2 rings (SSSR count). The number of hydrogen-bond acceptors (Lipinski definition) is 3. The molecule has 1 heterocycles. The molecule has 0 aliphatic rings. The van der Waals surface area contributed by atoms with E-state index in [2.05, 4.69) is 10.3 Å². The summed E-state index contributed by atoms with van der Waals surface area (Å²) in [5.74, 6) is -0.509. The van der Waals surface area contributed by atoms with Crippen molar-refractivity contribution in [3.8, 4) is 0 Å². The molecule has 0 saturated carbocycles. The van der Waals surface area contributed by atoms with E-state index < -0.39 is 11.9 Å². The Bertz CT molecular complexity index is 607. The molecule has 5 heteroatoms. The number of benzene rings is 1. The molecule has 1 aromatic carbocycles. The van der Waals surface area contributed by atoms with E-state index in [1.807, 2.05) is 18.2 Å².